The van der Waals surface area contributed by atoms with Crippen LogP contribution in [-0.4, -0.2) is 226 Å². The van der Waals surface area contributed by atoms with Crippen LogP contribution in [0.2, 0.25) is 0 Å². The Balaban J connectivity index is 1.29. The molecule has 0 unspecified atom stereocenters. The summed E-state index contributed by atoms with van der Waals surface area (Å²) in [6.07, 6.45) is -35.8. The summed E-state index contributed by atoms with van der Waals surface area (Å²) in [4.78, 5) is 14.6. The Bertz CT molecular complexity index is 2190. The van der Waals surface area contributed by atoms with E-state index in [-0.39, 0.29) is 22.8 Å². The van der Waals surface area contributed by atoms with Crippen LogP contribution in [0.4, 0.5) is 0 Å². The van der Waals surface area contributed by atoms with Crippen molar-refractivity contribution in [1.29, 1.82) is 0 Å². The molecule has 15 N–H and O–H groups in total. The van der Waals surface area contributed by atoms with E-state index in [2.05, 4.69) is 0 Å². The number of hydrogen-bond acceptors (Lipinski definition) is 26. The van der Waals surface area contributed by atoms with E-state index >= 15 is 0 Å². The zero-order valence-electron chi connectivity index (χ0n) is 34.8. The number of aliphatic hydroxyl groups is 13. The molecule has 26 heteroatoms. The molecule has 66 heavy (non-hydrogen) atoms. The number of methoxy groups -OCH3 is 1. The minimum absolute atomic E-state index is 0.0632. The molecule has 1 aromatic heterocycles. The number of aromatic hydroxyl groups is 2. The van der Waals surface area contributed by atoms with Gasteiger partial charge in [0.2, 0.25) is 23.8 Å². The lowest BCUT2D eigenvalue weighted by Crippen LogP contribution is -2.65. The van der Waals surface area contributed by atoms with E-state index in [1.807, 2.05) is 0 Å². The molecule has 20 atom stereocenters. The molecule has 0 spiro atoms. The van der Waals surface area contributed by atoms with E-state index in [0.29, 0.717) is 0 Å². The minimum Gasteiger partial charge on any atom is -0.507 e. The summed E-state index contributed by atoms with van der Waals surface area (Å²) >= 11 is 0. The molecule has 7 rings (SSSR count). The number of hydrogen-bond donors (Lipinski definition) is 15. The van der Waals surface area contributed by atoms with Gasteiger partial charge in [0, 0.05) is 17.7 Å². The standard InChI is InChI=1S/C40H52O26/c1-11-22(45)27(50)32(55)38(59-11)66-36-30(53)25(48)20(10-58-37-31(54)28(51)23(46)18(8-41)62-37)64-40(36)65-35-26(49)21-15(44)6-13(60-39-33(56)29(52)24(47)19(9-42)63-39)7-17(21)61-34(35)12-3-4-14(43)16(5-12)57-2/h3-7,11,18-20,22-25,27-33,36-48,50-56H,8-10H2,1-2H3/t11-,18+,19+,20+,22-,23+,24+,25+,27+,28-,29-,30-,31+,32-,33+,36+,37+,38-,39+,40-/m0/s1. The second-order valence-corrected chi connectivity index (χ2v) is 16.1. The van der Waals surface area contributed by atoms with Crippen LogP contribution in [0.25, 0.3) is 22.3 Å². The van der Waals surface area contributed by atoms with Crippen molar-refractivity contribution in [1.82, 2.24) is 0 Å². The molecule has 4 aliphatic rings. The summed E-state index contributed by atoms with van der Waals surface area (Å²) in [6.45, 7) is -1.09. The molecule has 4 aliphatic heterocycles. The van der Waals surface area contributed by atoms with Crippen LogP contribution < -0.4 is 19.6 Å². The van der Waals surface area contributed by atoms with Crippen molar-refractivity contribution in [2.45, 2.75) is 130 Å². The summed E-state index contributed by atoms with van der Waals surface area (Å²) in [5.41, 5.74) is -1.67. The summed E-state index contributed by atoms with van der Waals surface area (Å²) in [5.74, 6) is -3.03. The Hall–Kier alpha value is -4.11. The van der Waals surface area contributed by atoms with E-state index in [0.717, 1.165) is 18.2 Å². The van der Waals surface area contributed by atoms with Crippen LogP contribution in [0.5, 0.6) is 28.7 Å². The highest BCUT2D eigenvalue weighted by molar-refractivity contribution is 5.88. The van der Waals surface area contributed by atoms with Crippen molar-refractivity contribution < 1.29 is 124 Å². The number of ether oxygens (including phenoxy) is 9. The molecule has 3 aromatic rings. The highest BCUT2D eigenvalue weighted by Crippen LogP contribution is 2.41. The summed E-state index contributed by atoms with van der Waals surface area (Å²) < 4.78 is 56.9. The van der Waals surface area contributed by atoms with Crippen molar-refractivity contribution in [3.05, 3.63) is 40.6 Å². The first-order valence-electron chi connectivity index (χ1n) is 20.4. The SMILES string of the molecule is COc1cc(-c2oc3cc(O[C@@H]4O[C@H](CO)[C@@H](O)[C@H](O)[C@H]4O)cc(O)c3c(=O)c2O[C@@H]2O[C@H](CO[C@@H]3O[C@H](CO)[C@@H](O)[C@H](O)[C@H]3O)[C@@H](O)[C@H](O)[C@H]2O[C@@H]2O[C@@H](C)[C@H](O)[C@@H](O)[C@@H]2O)ccc1O. The number of aliphatic hydroxyl groups excluding tert-OH is 13. The molecule has 0 bridgehead atoms. The molecule has 0 saturated carbocycles. The first-order chi connectivity index (χ1) is 31.3. The second kappa shape index (κ2) is 20.2. The molecule has 0 aliphatic carbocycles. The molecule has 2 aromatic carbocycles. The maximum atomic E-state index is 14.6. The third-order valence-corrected chi connectivity index (χ3v) is 11.7. The van der Waals surface area contributed by atoms with Crippen molar-refractivity contribution in [2.75, 3.05) is 26.9 Å². The van der Waals surface area contributed by atoms with Gasteiger partial charge >= 0.3 is 0 Å². The maximum absolute atomic E-state index is 14.6. The average molecular weight is 949 g/mol. The Kier molecular flexibility index (Phi) is 15.3. The van der Waals surface area contributed by atoms with E-state index < -0.39 is 176 Å². The predicted octanol–water partition coefficient (Wildman–Crippen LogP) is -6.09. The molecule has 0 radical (unpaired) electrons. The molecule has 0 amide bonds. The second-order valence-electron chi connectivity index (χ2n) is 16.1. The number of rotatable bonds is 13. The first kappa shape index (κ1) is 49.8. The third kappa shape index (κ3) is 9.50. The van der Waals surface area contributed by atoms with Crippen LogP contribution in [0.15, 0.2) is 39.5 Å². The van der Waals surface area contributed by atoms with Crippen molar-refractivity contribution >= 4 is 11.0 Å². The van der Waals surface area contributed by atoms with Crippen molar-refractivity contribution in [2.24, 2.45) is 0 Å². The van der Waals surface area contributed by atoms with E-state index in [9.17, 15) is 81.4 Å². The van der Waals surface area contributed by atoms with Crippen LogP contribution >= 0.6 is 0 Å². The Morgan fingerprint density at radius 3 is 1.80 bits per heavy atom. The van der Waals surface area contributed by atoms with E-state index in [4.69, 9.17) is 47.0 Å². The molecule has 4 saturated heterocycles. The summed E-state index contributed by atoms with van der Waals surface area (Å²) in [5, 5.41) is 157. The minimum atomic E-state index is -2.14. The highest BCUT2D eigenvalue weighted by atomic mass is 16.8. The zero-order chi connectivity index (χ0) is 48.0. The van der Waals surface area contributed by atoms with Gasteiger partial charge < -0.3 is 124 Å². The van der Waals surface area contributed by atoms with Gasteiger partial charge in [0.15, 0.2) is 35.9 Å². The Morgan fingerprint density at radius 2 is 1.17 bits per heavy atom. The molecule has 5 heterocycles. The van der Waals surface area contributed by atoms with Crippen LogP contribution in [0.1, 0.15) is 6.92 Å². The van der Waals surface area contributed by atoms with Crippen molar-refractivity contribution in [3.8, 4) is 40.1 Å². The molecule has 4 fully saturated rings. The summed E-state index contributed by atoms with van der Waals surface area (Å²) in [7, 11) is 1.21. The highest BCUT2D eigenvalue weighted by Gasteiger charge is 2.53. The van der Waals surface area contributed by atoms with Gasteiger partial charge in [0.1, 0.15) is 108 Å². The van der Waals surface area contributed by atoms with Crippen LogP contribution in [0.3, 0.4) is 0 Å². The van der Waals surface area contributed by atoms with Gasteiger partial charge in [0.05, 0.1) is 33.0 Å². The average Bonchev–Trinajstić information content (AvgIpc) is 3.29. The van der Waals surface area contributed by atoms with Crippen molar-refractivity contribution in [3.63, 3.8) is 0 Å². The Labute approximate surface area is 371 Å². The van der Waals surface area contributed by atoms with Gasteiger partial charge in [-0.2, -0.15) is 0 Å². The van der Waals surface area contributed by atoms with Crippen LogP contribution in [0, 0.1) is 0 Å². The fourth-order valence-corrected chi connectivity index (χ4v) is 7.82. The van der Waals surface area contributed by atoms with Gasteiger partial charge in [-0.15, -0.1) is 0 Å². The van der Waals surface area contributed by atoms with Gasteiger partial charge in [-0.1, -0.05) is 0 Å². The number of phenolic OH excluding ortho intramolecular Hbond substituents is 2. The number of benzene rings is 2. The molecule has 26 nitrogen and oxygen atoms in total. The fourth-order valence-electron chi connectivity index (χ4n) is 7.82. The van der Waals surface area contributed by atoms with Gasteiger partial charge in [-0.25, -0.2) is 0 Å². The molecular formula is C40H52O26. The lowest BCUT2D eigenvalue weighted by Gasteiger charge is -2.46. The van der Waals surface area contributed by atoms with E-state index in [1.165, 1.54) is 26.2 Å². The lowest BCUT2D eigenvalue weighted by atomic mass is 9.97. The Morgan fingerprint density at radius 1 is 0.591 bits per heavy atom. The predicted molar refractivity (Wildman–Crippen MR) is 210 cm³/mol. The lowest BCUT2D eigenvalue weighted by molar-refractivity contribution is -0.360. The van der Waals surface area contributed by atoms with Gasteiger partial charge in [-0.05, 0) is 25.1 Å². The molecule has 368 valence electrons. The summed E-state index contributed by atoms with van der Waals surface area (Å²) in [6, 6.07) is 5.53. The normalized spacial score (nSPS) is 39.7. The third-order valence-electron chi connectivity index (χ3n) is 11.7. The topological polar surface area (TPSA) is 417 Å². The quantitative estimate of drug-likeness (QED) is 0.0758. The number of fused-ring (bicyclic) bond motifs is 1. The zero-order valence-corrected chi connectivity index (χ0v) is 34.8. The van der Waals surface area contributed by atoms with Gasteiger partial charge in [0.25, 0.3) is 0 Å². The van der Waals surface area contributed by atoms with Crippen LogP contribution in [-0.2, 0) is 28.4 Å². The maximum Gasteiger partial charge on any atom is 0.239 e. The smallest absolute Gasteiger partial charge is 0.239 e. The monoisotopic (exact) mass is 948 g/mol. The fraction of sp³-hybridized carbons (Fsp3) is 0.625. The molecular weight excluding hydrogens is 896 g/mol. The first-order valence-corrected chi connectivity index (χ1v) is 20.4. The van der Waals surface area contributed by atoms with Gasteiger partial charge in [-0.3, -0.25) is 4.79 Å². The largest absolute Gasteiger partial charge is 0.507 e. The van der Waals surface area contributed by atoms with E-state index in [1.54, 1.807) is 0 Å². The number of phenols is 2.